The van der Waals surface area contributed by atoms with Crippen molar-refractivity contribution in [1.29, 1.82) is 0 Å². The number of hydrogen-bond donors (Lipinski definition) is 1. The highest BCUT2D eigenvalue weighted by molar-refractivity contribution is 7.10. The minimum absolute atomic E-state index is 0.0659. The van der Waals surface area contributed by atoms with Crippen molar-refractivity contribution in [2.75, 3.05) is 6.54 Å². The lowest BCUT2D eigenvalue weighted by Crippen LogP contribution is -2.35. The first-order valence-electron chi connectivity index (χ1n) is 6.96. The average Bonchev–Trinajstić information content (AvgIpc) is 2.96. The molecule has 118 valence electrons. The highest BCUT2D eigenvalue weighted by Gasteiger charge is 2.41. The van der Waals surface area contributed by atoms with Crippen LogP contribution in [0.4, 0.5) is 13.2 Å². The third-order valence-corrected chi connectivity index (χ3v) is 4.46. The number of rotatable bonds is 5. The van der Waals surface area contributed by atoms with Crippen molar-refractivity contribution in [1.82, 2.24) is 10.2 Å². The number of amides is 1. The first-order chi connectivity index (χ1) is 9.79. The Labute approximate surface area is 126 Å². The van der Waals surface area contributed by atoms with Crippen molar-refractivity contribution in [3.8, 4) is 0 Å². The Morgan fingerprint density at radius 1 is 1.43 bits per heavy atom. The Morgan fingerprint density at radius 2 is 2.14 bits per heavy atom. The molecule has 2 unspecified atom stereocenters. The molecule has 2 atom stereocenters. The molecule has 21 heavy (non-hydrogen) atoms. The first kappa shape index (κ1) is 16.3. The second-order valence-corrected chi connectivity index (χ2v) is 6.54. The van der Waals surface area contributed by atoms with Crippen LogP contribution in [0.2, 0.25) is 0 Å². The smallest absolute Gasteiger partial charge is 0.321 e. The van der Waals surface area contributed by atoms with Crippen LogP contribution < -0.4 is 5.32 Å². The standard InChI is InChI=1S/C14H19F3N2OS/c1-9(2)11-13(20)19(7-4-6-14(15,16)17)12(18-11)10-5-3-8-21-10/h3,5,8-9,11-12,18H,4,6-7H2,1-2H3. The summed E-state index contributed by atoms with van der Waals surface area (Å²) in [4.78, 5) is 14.9. The second-order valence-electron chi connectivity index (χ2n) is 5.56. The van der Waals surface area contributed by atoms with E-state index in [9.17, 15) is 18.0 Å². The van der Waals surface area contributed by atoms with Crippen LogP contribution in [-0.2, 0) is 4.79 Å². The van der Waals surface area contributed by atoms with Crippen LogP contribution in [0.5, 0.6) is 0 Å². The van der Waals surface area contributed by atoms with E-state index in [1.807, 2.05) is 31.4 Å². The van der Waals surface area contributed by atoms with Gasteiger partial charge in [0.25, 0.3) is 0 Å². The summed E-state index contributed by atoms with van der Waals surface area (Å²) in [5.41, 5.74) is 0. The zero-order valence-corrected chi connectivity index (χ0v) is 12.8. The molecule has 2 rings (SSSR count). The first-order valence-corrected chi connectivity index (χ1v) is 7.84. The molecule has 0 spiro atoms. The van der Waals surface area contributed by atoms with Gasteiger partial charge in [0.2, 0.25) is 5.91 Å². The Hall–Kier alpha value is -1.08. The van der Waals surface area contributed by atoms with E-state index < -0.39 is 12.6 Å². The summed E-state index contributed by atoms with van der Waals surface area (Å²) in [7, 11) is 0. The Kier molecular flexibility index (Phi) is 4.93. The molecule has 1 fully saturated rings. The fourth-order valence-electron chi connectivity index (χ4n) is 2.49. The molecule has 0 saturated carbocycles. The average molecular weight is 320 g/mol. The predicted molar refractivity (Wildman–Crippen MR) is 75.8 cm³/mol. The highest BCUT2D eigenvalue weighted by atomic mass is 32.1. The Morgan fingerprint density at radius 3 is 2.67 bits per heavy atom. The van der Waals surface area contributed by atoms with E-state index in [-0.39, 0.29) is 37.0 Å². The maximum atomic E-state index is 12.4. The molecule has 0 bridgehead atoms. The molecule has 0 aromatic carbocycles. The van der Waals surface area contributed by atoms with Gasteiger partial charge in [0.15, 0.2) is 0 Å². The van der Waals surface area contributed by atoms with E-state index in [1.54, 1.807) is 4.90 Å². The Bertz CT molecular complexity index is 473. The molecule has 3 nitrogen and oxygen atoms in total. The molecular formula is C14H19F3N2OS. The van der Waals surface area contributed by atoms with Gasteiger partial charge in [-0.2, -0.15) is 13.2 Å². The van der Waals surface area contributed by atoms with Gasteiger partial charge in [0, 0.05) is 17.8 Å². The van der Waals surface area contributed by atoms with Crippen LogP contribution in [0.25, 0.3) is 0 Å². The lowest BCUT2D eigenvalue weighted by Gasteiger charge is -2.23. The molecule has 1 aromatic heterocycles. The topological polar surface area (TPSA) is 32.3 Å². The van der Waals surface area contributed by atoms with Crippen LogP contribution in [-0.4, -0.2) is 29.6 Å². The number of thiophene rings is 1. The summed E-state index contributed by atoms with van der Waals surface area (Å²) >= 11 is 1.50. The largest absolute Gasteiger partial charge is 0.389 e. The minimum atomic E-state index is -4.17. The van der Waals surface area contributed by atoms with Gasteiger partial charge < -0.3 is 4.90 Å². The van der Waals surface area contributed by atoms with Gasteiger partial charge in [-0.05, 0) is 23.8 Å². The Balaban J connectivity index is 2.08. The summed E-state index contributed by atoms with van der Waals surface area (Å²) in [5, 5.41) is 5.15. The fraction of sp³-hybridized carbons (Fsp3) is 0.643. The molecule has 1 aromatic rings. The summed E-state index contributed by atoms with van der Waals surface area (Å²) < 4.78 is 36.9. The van der Waals surface area contributed by atoms with Gasteiger partial charge in [0.05, 0.1) is 6.04 Å². The monoisotopic (exact) mass is 320 g/mol. The lowest BCUT2D eigenvalue weighted by atomic mass is 10.1. The fourth-order valence-corrected chi connectivity index (χ4v) is 3.28. The van der Waals surface area contributed by atoms with Crippen molar-refractivity contribution >= 4 is 17.2 Å². The van der Waals surface area contributed by atoms with Crippen LogP contribution in [0.15, 0.2) is 17.5 Å². The third-order valence-electron chi connectivity index (χ3n) is 3.54. The van der Waals surface area contributed by atoms with Crippen LogP contribution >= 0.6 is 11.3 Å². The zero-order chi connectivity index (χ0) is 15.6. The zero-order valence-electron chi connectivity index (χ0n) is 12.0. The normalized spacial score (nSPS) is 23.3. The van der Waals surface area contributed by atoms with Crippen LogP contribution in [0, 0.1) is 5.92 Å². The molecule has 1 aliphatic rings. The van der Waals surface area contributed by atoms with Gasteiger partial charge in [-0.15, -0.1) is 11.3 Å². The number of carbonyl (C=O) groups is 1. The summed E-state index contributed by atoms with van der Waals surface area (Å²) in [5.74, 6) is -0.00171. The maximum absolute atomic E-state index is 12.4. The number of nitrogens with zero attached hydrogens (tertiary/aromatic N) is 1. The summed E-state index contributed by atoms with van der Waals surface area (Å²) in [6.45, 7) is 3.98. The van der Waals surface area contributed by atoms with Gasteiger partial charge in [-0.25, -0.2) is 0 Å². The van der Waals surface area contributed by atoms with E-state index in [0.717, 1.165) is 4.88 Å². The summed E-state index contributed by atoms with van der Waals surface area (Å²) in [6.07, 6.45) is -5.41. The van der Waals surface area contributed by atoms with Crippen molar-refractivity contribution in [3.05, 3.63) is 22.4 Å². The number of halogens is 3. The van der Waals surface area contributed by atoms with E-state index >= 15 is 0 Å². The molecule has 7 heteroatoms. The number of nitrogens with one attached hydrogen (secondary N) is 1. The van der Waals surface area contributed by atoms with Crippen molar-refractivity contribution in [3.63, 3.8) is 0 Å². The molecule has 1 aliphatic heterocycles. The highest BCUT2D eigenvalue weighted by Crippen LogP contribution is 2.31. The van der Waals surface area contributed by atoms with Crippen molar-refractivity contribution in [2.45, 2.75) is 45.1 Å². The molecular weight excluding hydrogens is 301 g/mol. The molecule has 0 radical (unpaired) electrons. The molecule has 0 aliphatic carbocycles. The van der Waals surface area contributed by atoms with E-state index in [0.29, 0.717) is 0 Å². The SMILES string of the molecule is CC(C)C1NC(c2cccs2)N(CCCC(F)(F)F)C1=O. The predicted octanol–water partition coefficient (Wildman–Crippen LogP) is 3.55. The number of carbonyl (C=O) groups excluding carboxylic acids is 1. The second kappa shape index (κ2) is 6.36. The lowest BCUT2D eigenvalue weighted by molar-refractivity contribution is -0.140. The van der Waals surface area contributed by atoms with Crippen LogP contribution in [0.3, 0.4) is 0 Å². The van der Waals surface area contributed by atoms with Crippen LogP contribution in [0.1, 0.15) is 37.7 Å². The van der Waals surface area contributed by atoms with Crippen molar-refractivity contribution < 1.29 is 18.0 Å². The van der Waals surface area contributed by atoms with Gasteiger partial charge >= 0.3 is 6.18 Å². The van der Waals surface area contributed by atoms with E-state index in [1.165, 1.54) is 11.3 Å². The quantitative estimate of drug-likeness (QED) is 0.900. The minimum Gasteiger partial charge on any atom is -0.321 e. The van der Waals surface area contributed by atoms with Gasteiger partial charge in [-0.1, -0.05) is 19.9 Å². The summed E-state index contributed by atoms with van der Waals surface area (Å²) in [6, 6.07) is 3.45. The molecule has 2 heterocycles. The van der Waals surface area contributed by atoms with Crippen molar-refractivity contribution in [2.24, 2.45) is 5.92 Å². The molecule has 1 N–H and O–H groups in total. The maximum Gasteiger partial charge on any atom is 0.389 e. The molecule has 1 amide bonds. The third kappa shape index (κ3) is 3.97. The van der Waals surface area contributed by atoms with E-state index in [2.05, 4.69) is 5.32 Å². The number of alkyl halides is 3. The van der Waals surface area contributed by atoms with Gasteiger partial charge in [-0.3, -0.25) is 10.1 Å². The van der Waals surface area contributed by atoms with Gasteiger partial charge in [0.1, 0.15) is 6.17 Å². The van der Waals surface area contributed by atoms with E-state index in [4.69, 9.17) is 0 Å². The molecule has 1 saturated heterocycles. The number of hydrogen-bond acceptors (Lipinski definition) is 3.